The zero-order valence-electron chi connectivity index (χ0n) is 10.9. The van der Waals surface area contributed by atoms with E-state index in [-0.39, 0.29) is 12.0 Å². The van der Waals surface area contributed by atoms with Crippen LogP contribution in [0.5, 0.6) is 0 Å². The summed E-state index contributed by atoms with van der Waals surface area (Å²) in [5.74, 6) is -0.146. The summed E-state index contributed by atoms with van der Waals surface area (Å²) in [6.45, 7) is 9.20. The molecule has 5 nitrogen and oxygen atoms in total. The first-order valence-corrected chi connectivity index (χ1v) is 6.48. The van der Waals surface area contributed by atoms with Gasteiger partial charge in [0.2, 0.25) is 0 Å². The zero-order valence-corrected chi connectivity index (χ0v) is 10.9. The normalized spacial score (nSPS) is 18.9. The van der Waals surface area contributed by atoms with E-state index in [1.54, 1.807) is 0 Å². The Bertz CT molecular complexity index is 218. The fourth-order valence-corrected chi connectivity index (χ4v) is 1.83. The minimum atomic E-state index is -0.215. The average molecular weight is 244 g/mol. The molecule has 0 aromatic rings. The number of esters is 1. The molecule has 1 N–H and O–H groups in total. The fraction of sp³-hybridized carbons (Fsp3) is 0.917. The first-order valence-electron chi connectivity index (χ1n) is 6.48. The number of nitrogens with zero attached hydrogens (tertiary/aromatic N) is 1. The Morgan fingerprint density at radius 3 is 2.71 bits per heavy atom. The summed E-state index contributed by atoms with van der Waals surface area (Å²) in [7, 11) is 0. The van der Waals surface area contributed by atoms with Crippen molar-refractivity contribution in [2.45, 2.75) is 26.3 Å². The minimum absolute atomic E-state index is 0.146. The Morgan fingerprint density at radius 1 is 1.41 bits per heavy atom. The highest BCUT2D eigenvalue weighted by Gasteiger charge is 2.23. The highest BCUT2D eigenvalue weighted by molar-refractivity contribution is 5.76. The molecule has 1 aliphatic heterocycles. The molecule has 0 radical (unpaired) electrons. The molecule has 1 unspecified atom stereocenters. The largest absolute Gasteiger partial charge is 0.465 e. The Balaban J connectivity index is 2.40. The van der Waals surface area contributed by atoms with Gasteiger partial charge in [0.25, 0.3) is 0 Å². The molecule has 1 heterocycles. The van der Waals surface area contributed by atoms with Crippen LogP contribution in [0.3, 0.4) is 0 Å². The summed E-state index contributed by atoms with van der Waals surface area (Å²) in [6.07, 6.45) is 1.01. The van der Waals surface area contributed by atoms with Gasteiger partial charge in [-0.1, -0.05) is 6.92 Å². The molecule has 1 fully saturated rings. The molecule has 1 aliphatic rings. The molecule has 0 aromatic carbocycles. The fourth-order valence-electron chi connectivity index (χ4n) is 1.83. The van der Waals surface area contributed by atoms with Crippen molar-refractivity contribution in [2.24, 2.45) is 0 Å². The summed E-state index contributed by atoms with van der Waals surface area (Å²) >= 11 is 0. The molecule has 0 aliphatic carbocycles. The minimum Gasteiger partial charge on any atom is -0.465 e. The average Bonchev–Trinajstić information content (AvgIpc) is 2.36. The maximum atomic E-state index is 11.8. The van der Waals surface area contributed by atoms with Gasteiger partial charge in [-0.15, -0.1) is 0 Å². The van der Waals surface area contributed by atoms with E-state index in [4.69, 9.17) is 9.47 Å². The van der Waals surface area contributed by atoms with E-state index in [2.05, 4.69) is 17.1 Å². The van der Waals surface area contributed by atoms with Gasteiger partial charge in [0.05, 0.1) is 19.8 Å². The second-order valence-electron chi connectivity index (χ2n) is 4.17. The predicted molar refractivity (Wildman–Crippen MR) is 66.0 cm³/mol. The van der Waals surface area contributed by atoms with Gasteiger partial charge in [-0.25, -0.2) is 0 Å². The number of hydrogen-bond acceptors (Lipinski definition) is 5. The van der Waals surface area contributed by atoms with Crippen molar-refractivity contribution in [3.05, 3.63) is 0 Å². The van der Waals surface area contributed by atoms with Crippen LogP contribution < -0.4 is 5.32 Å². The summed E-state index contributed by atoms with van der Waals surface area (Å²) in [5.41, 5.74) is 0. The molecule has 0 bridgehead atoms. The van der Waals surface area contributed by atoms with Gasteiger partial charge in [0, 0.05) is 19.6 Å². The van der Waals surface area contributed by atoms with Crippen molar-refractivity contribution in [3.63, 3.8) is 0 Å². The van der Waals surface area contributed by atoms with Crippen LogP contribution in [0.25, 0.3) is 0 Å². The van der Waals surface area contributed by atoms with Gasteiger partial charge in [0.15, 0.2) is 0 Å². The van der Waals surface area contributed by atoms with Crippen LogP contribution in [0, 0.1) is 0 Å². The second kappa shape index (κ2) is 8.44. The van der Waals surface area contributed by atoms with E-state index < -0.39 is 0 Å². The smallest absolute Gasteiger partial charge is 0.324 e. The van der Waals surface area contributed by atoms with Gasteiger partial charge < -0.3 is 14.8 Å². The molecular formula is C12H24N2O3. The zero-order chi connectivity index (χ0) is 12.5. The van der Waals surface area contributed by atoms with Crippen molar-refractivity contribution in [3.8, 4) is 0 Å². The molecule has 0 saturated carbocycles. The van der Waals surface area contributed by atoms with Gasteiger partial charge in [-0.2, -0.15) is 0 Å². The van der Waals surface area contributed by atoms with E-state index in [0.29, 0.717) is 13.2 Å². The lowest BCUT2D eigenvalue weighted by Crippen LogP contribution is -2.50. The molecule has 5 heteroatoms. The van der Waals surface area contributed by atoms with E-state index in [1.807, 2.05) is 6.92 Å². The molecule has 1 saturated heterocycles. The maximum Gasteiger partial charge on any atom is 0.324 e. The molecular weight excluding hydrogens is 220 g/mol. The number of carbonyl (C=O) groups is 1. The Hall–Kier alpha value is -0.650. The predicted octanol–water partition coefficient (Wildman–Crippen LogP) is 0.250. The Kier molecular flexibility index (Phi) is 7.16. The standard InChI is InChI=1S/C12H24N2O3/c1-3-5-13-11(12(15)17-4-2)10-14-6-8-16-9-7-14/h11,13H,3-10H2,1-2H3. The molecule has 1 atom stereocenters. The summed E-state index contributed by atoms with van der Waals surface area (Å²) in [4.78, 5) is 14.0. The quantitative estimate of drug-likeness (QED) is 0.651. The van der Waals surface area contributed by atoms with Crippen LogP contribution in [0.2, 0.25) is 0 Å². The lowest BCUT2D eigenvalue weighted by molar-refractivity contribution is -0.146. The van der Waals surface area contributed by atoms with Crippen molar-refractivity contribution >= 4 is 5.97 Å². The lowest BCUT2D eigenvalue weighted by Gasteiger charge is -2.29. The summed E-state index contributed by atoms with van der Waals surface area (Å²) in [5, 5.41) is 3.24. The van der Waals surface area contributed by atoms with Gasteiger partial charge in [-0.05, 0) is 19.9 Å². The highest BCUT2D eigenvalue weighted by Crippen LogP contribution is 2.00. The number of morpholine rings is 1. The van der Waals surface area contributed by atoms with Crippen LogP contribution >= 0.6 is 0 Å². The van der Waals surface area contributed by atoms with Crippen LogP contribution in [0.4, 0.5) is 0 Å². The number of carbonyl (C=O) groups excluding carboxylic acids is 1. The van der Waals surface area contributed by atoms with Gasteiger partial charge in [-0.3, -0.25) is 9.69 Å². The van der Waals surface area contributed by atoms with Crippen molar-refractivity contribution in [2.75, 3.05) is 46.0 Å². The van der Waals surface area contributed by atoms with E-state index >= 15 is 0 Å². The topological polar surface area (TPSA) is 50.8 Å². The van der Waals surface area contributed by atoms with Crippen LogP contribution in [0.1, 0.15) is 20.3 Å². The molecule has 0 spiro atoms. The van der Waals surface area contributed by atoms with Crippen molar-refractivity contribution in [1.29, 1.82) is 0 Å². The highest BCUT2D eigenvalue weighted by atomic mass is 16.5. The monoisotopic (exact) mass is 244 g/mol. The van der Waals surface area contributed by atoms with E-state index in [1.165, 1.54) is 0 Å². The van der Waals surface area contributed by atoms with E-state index in [0.717, 1.165) is 39.3 Å². The van der Waals surface area contributed by atoms with E-state index in [9.17, 15) is 4.79 Å². The Morgan fingerprint density at radius 2 is 2.12 bits per heavy atom. The molecule has 1 rings (SSSR count). The molecule has 100 valence electrons. The first-order chi connectivity index (χ1) is 8.27. The summed E-state index contributed by atoms with van der Waals surface area (Å²) in [6, 6.07) is -0.215. The van der Waals surface area contributed by atoms with Gasteiger partial charge in [0.1, 0.15) is 6.04 Å². The first kappa shape index (κ1) is 14.4. The third-order valence-corrected chi connectivity index (χ3v) is 2.76. The van der Waals surface area contributed by atoms with Crippen molar-refractivity contribution < 1.29 is 14.3 Å². The second-order valence-corrected chi connectivity index (χ2v) is 4.17. The van der Waals surface area contributed by atoms with Crippen LogP contribution in [0.15, 0.2) is 0 Å². The van der Waals surface area contributed by atoms with Crippen LogP contribution in [-0.2, 0) is 14.3 Å². The number of hydrogen-bond donors (Lipinski definition) is 1. The molecule has 0 aromatic heterocycles. The SMILES string of the molecule is CCCNC(CN1CCOCC1)C(=O)OCC. The Labute approximate surface area is 103 Å². The third kappa shape index (κ3) is 5.48. The third-order valence-electron chi connectivity index (χ3n) is 2.76. The maximum absolute atomic E-state index is 11.8. The molecule has 0 amide bonds. The van der Waals surface area contributed by atoms with Crippen molar-refractivity contribution in [1.82, 2.24) is 10.2 Å². The lowest BCUT2D eigenvalue weighted by atomic mass is 10.2. The number of ether oxygens (including phenoxy) is 2. The van der Waals surface area contributed by atoms with Gasteiger partial charge >= 0.3 is 5.97 Å². The van der Waals surface area contributed by atoms with Crippen LogP contribution in [-0.4, -0.2) is 62.9 Å². The number of rotatable bonds is 7. The molecule has 17 heavy (non-hydrogen) atoms. The summed E-state index contributed by atoms with van der Waals surface area (Å²) < 4.78 is 10.4. The number of nitrogens with one attached hydrogen (secondary N) is 1.